The summed E-state index contributed by atoms with van der Waals surface area (Å²) in [6.07, 6.45) is -4.89. The van der Waals surface area contributed by atoms with Crippen molar-refractivity contribution in [2.75, 3.05) is 65.4 Å². The number of hydrogen-bond acceptors (Lipinski definition) is 7. The van der Waals surface area contributed by atoms with E-state index in [2.05, 4.69) is 27.5 Å². The van der Waals surface area contributed by atoms with Gasteiger partial charge in [0.15, 0.2) is 0 Å². The highest BCUT2D eigenvalue weighted by molar-refractivity contribution is 6.05. The zero-order valence-electron chi connectivity index (χ0n) is 26.1. The lowest BCUT2D eigenvalue weighted by molar-refractivity contribution is -0.140. The van der Waals surface area contributed by atoms with Crippen LogP contribution in [-0.4, -0.2) is 110 Å². The van der Waals surface area contributed by atoms with Gasteiger partial charge in [0.2, 0.25) is 0 Å². The van der Waals surface area contributed by atoms with Crippen LogP contribution in [0.25, 0.3) is 11.0 Å². The summed E-state index contributed by atoms with van der Waals surface area (Å²) in [5.74, 6) is 3.73. The molecule has 15 heteroatoms. The van der Waals surface area contributed by atoms with Crippen molar-refractivity contribution in [3.8, 4) is 17.6 Å². The summed E-state index contributed by atoms with van der Waals surface area (Å²) in [5, 5.41) is 5.64. The minimum atomic E-state index is -4.55. The average molecular weight is 663 g/mol. The van der Waals surface area contributed by atoms with Crippen molar-refractivity contribution in [3.63, 3.8) is 0 Å². The van der Waals surface area contributed by atoms with Gasteiger partial charge >= 0.3 is 6.18 Å². The van der Waals surface area contributed by atoms with Crippen LogP contribution in [0.5, 0.6) is 5.75 Å². The number of nitrogens with zero attached hydrogens (tertiary/aromatic N) is 4. The third-order valence-corrected chi connectivity index (χ3v) is 8.12. The predicted molar refractivity (Wildman–Crippen MR) is 164 cm³/mol. The molecule has 2 aromatic carbocycles. The van der Waals surface area contributed by atoms with E-state index in [1.54, 1.807) is 7.05 Å². The second-order valence-electron chi connectivity index (χ2n) is 11.7. The van der Waals surface area contributed by atoms with E-state index in [9.17, 15) is 27.2 Å². The fraction of sp³-hybridized carbons (Fsp3) is 0.469. The number of ether oxygens (including phenoxy) is 2. The quantitative estimate of drug-likeness (QED) is 0.294. The average Bonchev–Trinajstić information content (AvgIpc) is 3.41. The molecule has 2 N–H and O–H groups in total. The van der Waals surface area contributed by atoms with Crippen molar-refractivity contribution in [3.05, 3.63) is 53.1 Å². The van der Waals surface area contributed by atoms with Gasteiger partial charge in [-0.3, -0.25) is 9.59 Å². The topological polar surface area (TPSA) is 101 Å². The zero-order chi connectivity index (χ0) is 33.9. The summed E-state index contributed by atoms with van der Waals surface area (Å²) in [5.41, 5.74) is 0.311. The van der Waals surface area contributed by atoms with Crippen molar-refractivity contribution in [2.24, 2.45) is 5.92 Å². The van der Waals surface area contributed by atoms with Gasteiger partial charge in [-0.05, 0) is 31.2 Å². The van der Waals surface area contributed by atoms with Gasteiger partial charge in [0, 0.05) is 37.8 Å². The summed E-state index contributed by atoms with van der Waals surface area (Å²) in [6.45, 7) is 2.52. The number of likely N-dealkylation sites (tertiary alicyclic amines) is 1. The van der Waals surface area contributed by atoms with Crippen LogP contribution >= 0.6 is 0 Å². The van der Waals surface area contributed by atoms with Gasteiger partial charge in [0.05, 0.1) is 61.6 Å². The molecular formula is C32H35F5N6O4. The normalized spacial score (nSPS) is 20.4. The van der Waals surface area contributed by atoms with Crippen LogP contribution in [0.2, 0.25) is 0 Å². The van der Waals surface area contributed by atoms with Gasteiger partial charge < -0.3 is 34.5 Å². The third-order valence-electron chi connectivity index (χ3n) is 8.12. The van der Waals surface area contributed by atoms with Gasteiger partial charge in [-0.25, -0.2) is 13.8 Å². The van der Waals surface area contributed by atoms with E-state index in [0.717, 1.165) is 17.0 Å². The molecule has 2 fully saturated rings. The fourth-order valence-electron chi connectivity index (χ4n) is 5.88. The van der Waals surface area contributed by atoms with Crippen LogP contribution in [0.3, 0.4) is 0 Å². The molecular weight excluding hydrogens is 627 g/mol. The maximum atomic E-state index is 15.0. The Morgan fingerprint density at radius 3 is 2.55 bits per heavy atom. The van der Waals surface area contributed by atoms with Crippen LogP contribution in [0.15, 0.2) is 30.6 Å². The predicted octanol–water partition coefficient (Wildman–Crippen LogP) is 3.70. The number of hydrogen-bond donors (Lipinski definition) is 2. The van der Waals surface area contributed by atoms with Crippen molar-refractivity contribution in [1.29, 1.82) is 0 Å². The van der Waals surface area contributed by atoms with E-state index in [0.29, 0.717) is 32.8 Å². The lowest BCUT2D eigenvalue weighted by atomic mass is 9.92. The Morgan fingerprint density at radius 2 is 1.87 bits per heavy atom. The number of anilines is 1. The number of benzene rings is 2. The highest BCUT2D eigenvalue weighted by Gasteiger charge is 2.35. The van der Waals surface area contributed by atoms with Crippen LogP contribution in [0.1, 0.15) is 33.2 Å². The summed E-state index contributed by atoms with van der Waals surface area (Å²) in [4.78, 5) is 33.7. The molecule has 1 aromatic heterocycles. The van der Waals surface area contributed by atoms with Crippen molar-refractivity contribution in [1.82, 2.24) is 24.7 Å². The highest BCUT2D eigenvalue weighted by atomic mass is 19.4. The lowest BCUT2D eigenvalue weighted by Crippen LogP contribution is -2.56. The van der Waals surface area contributed by atoms with Gasteiger partial charge in [0.1, 0.15) is 29.8 Å². The number of aromatic nitrogens is 2. The number of alkyl halides is 4. The number of carbonyl (C=O) groups is 2. The molecule has 1 unspecified atom stereocenters. The number of methoxy groups -OCH3 is 1. The molecule has 0 radical (unpaired) electrons. The second kappa shape index (κ2) is 14.1. The van der Waals surface area contributed by atoms with Crippen LogP contribution in [0.4, 0.5) is 27.6 Å². The summed E-state index contributed by atoms with van der Waals surface area (Å²) < 4.78 is 81.4. The molecule has 3 atom stereocenters. The Bertz CT molecular complexity index is 1680. The minimum Gasteiger partial charge on any atom is -0.495 e. The van der Waals surface area contributed by atoms with Crippen molar-refractivity contribution < 1.29 is 41.0 Å². The third kappa shape index (κ3) is 7.94. The summed E-state index contributed by atoms with van der Waals surface area (Å²) >= 11 is 0. The molecule has 2 amide bonds. The smallest absolute Gasteiger partial charge is 0.406 e. The van der Waals surface area contributed by atoms with E-state index < -0.39 is 42.6 Å². The first-order chi connectivity index (χ1) is 22.3. The van der Waals surface area contributed by atoms with Crippen LogP contribution in [0, 0.1) is 23.6 Å². The Labute approximate surface area is 268 Å². The number of amides is 2. The van der Waals surface area contributed by atoms with E-state index in [1.807, 2.05) is 11.8 Å². The Morgan fingerprint density at radius 1 is 1.13 bits per heavy atom. The maximum Gasteiger partial charge on any atom is 0.406 e. The SMILES string of the molecule is COc1cc(C(=O)N2CCOCC2)c(F)cc1NCC#Cc1cc(C(=O)N[C@H]2C(C)CN(C)C[C@H]2F)c2ncn(CC(F)(F)F)c2c1. The van der Waals surface area contributed by atoms with Gasteiger partial charge in [-0.1, -0.05) is 18.8 Å². The first-order valence-corrected chi connectivity index (χ1v) is 15.0. The molecule has 0 bridgehead atoms. The van der Waals surface area contributed by atoms with Crippen molar-refractivity contribution >= 4 is 28.5 Å². The Hall–Kier alpha value is -4.42. The van der Waals surface area contributed by atoms with E-state index in [4.69, 9.17) is 9.47 Å². The van der Waals surface area contributed by atoms with Crippen molar-refractivity contribution in [2.45, 2.75) is 31.9 Å². The Balaban J connectivity index is 1.38. The monoisotopic (exact) mass is 662 g/mol. The maximum absolute atomic E-state index is 15.0. The Kier molecular flexibility index (Phi) is 10.2. The van der Waals surface area contributed by atoms with Crippen LogP contribution in [-0.2, 0) is 11.3 Å². The lowest BCUT2D eigenvalue weighted by Gasteiger charge is -2.37. The van der Waals surface area contributed by atoms with Gasteiger partial charge in [0.25, 0.3) is 11.8 Å². The largest absolute Gasteiger partial charge is 0.495 e. The first kappa shape index (κ1) is 33.9. The molecule has 2 saturated heterocycles. The standard InChI is InChI=1S/C32H35F5N6O4/c1-19-15-41(2)16-24(34)28(19)40-30(44)22-11-20(12-26-29(22)39-18-43(26)17-32(35,36)37)5-4-6-38-25-14-23(33)21(13-27(25)46-3)31(45)42-7-9-47-10-8-42/h11-14,18-19,24,28,38H,6-10,15-17H2,1-3H3,(H,40,44)/t19?,24-,28+/m1/s1. The molecule has 10 nitrogen and oxygen atoms in total. The molecule has 0 aliphatic carbocycles. The number of nitrogens with one attached hydrogen (secondary N) is 2. The molecule has 2 aliphatic heterocycles. The van der Waals surface area contributed by atoms with Crippen LogP contribution < -0.4 is 15.4 Å². The van der Waals surface area contributed by atoms with Gasteiger partial charge in [-0.2, -0.15) is 13.2 Å². The number of piperidine rings is 1. The number of carbonyl (C=O) groups excluding carboxylic acids is 2. The number of fused-ring (bicyclic) bond motifs is 1. The van der Waals surface area contributed by atoms with E-state index >= 15 is 4.39 Å². The molecule has 47 heavy (non-hydrogen) atoms. The summed E-state index contributed by atoms with van der Waals surface area (Å²) in [6, 6.07) is 4.42. The number of halogens is 5. The highest BCUT2D eigenvalue weighted by Crippen LogP contribution is 2.29. The molecule has 0 saturated carbocycles. The molecule has 252 valence electrons. The van der Waals surface area contributed by atoms with Gasteiger partial charge in [-0.15, -0.1) is 0 Å². The molecule has 3 aromatic rings. The molecule has 5 rings (SSSR count). The number of rotatable bonds is 7. The zero-order valence-corrected chi connectivity index (χ0v) is 26.1. The first-order valence-electron chi connectivity index (χ1n) is 15.0. The number of morpholine rings is 1. The molecule has 0 spiro atoms. The minimum absolute atomic E-state index is 0.0262. The van der Waals surface area contributed by atoms with E-state index in [-0.39, 0.29) is 58.2 Å². The fourth-order valence-corrected chi connectivity index (χ4v) is 5.88. The summed E-state index contributed by atoms with van der Waals surface area (Å²) in [7, 11) is 3.15. The molecule has 2 aliphatic rings. The molecule has 3 heterocycles. The second-order valence-corrected chi connectivity index (χ2v) is 11.7. The van der Waals surface area contributed by atoms with E-state index in [1.165, 1.54) is 30.2 Å². The number of imidazole rings is 1.